The Morgan fingerprint density at radius 1 is 0.903 bits per heavy atom. The van der Waals surface area contributed by atoms with Crippen LogP contribution in [0.5, 0.6) is 0 Å². The van der Waals surface area contributed by atoms with Gasteiger partial charge >= 0.3 is 23.9 Å². The Labute approximate surface area is 182 Å². The maximum absolute atomic E-state index is 12.4. The summed E-state index contributed by atoms with van der Waals surface area (Å²) in [6.45, 7) is 6.23. The van der Waals surface area contributed by atoms with E-state index in [9.17, 15) is 19.2 Å². The van der Waals surface area contributed by atoms with Crippen LogP contribution < -0.4 is 0 Å². The number of hydrogen-bond donors (Lipinski definition) is 0. The molecule has 1 fully saturated rings. The lowest BCUT2D eigenvalue weighted by atomic mass is 9.99. The Hall–Kier alpha value is -2.64. The number of carbonyl (C=O) groups excluding carboxylic acids is 4. The van der Waals surface area contributed by atoms with Crippen LogP contribution in [0.2, 0.25) is 0 Å². The third-order valence-electron chi connectivity index (χ3n) is 4.54. The van der Waals surface area contributed by atoms with Gasteiger partial charge in [0.15, 0.2) is 12.2 Å². The minimum atomic E-state index is -1.34. The Kier molecular flexibility index (Phi) is 9.94. The van der Waals surface area contributed by atoms with E-state index in [1.54, 1.807) is 6.92 Å². The maximum atomic E-state index is 12.4. The van der Waals surface area contributed by atoms with Gasteiger partial charge in [-0.15, -0.1) is 6.42 Å². The van der Waals surface area contributed by atoms with Crippen LogP contribution in [0.4, 0.5) is 0 Å². The molecule has 10 heteroatoms. The number of terminal acetylenes is 1. The molecule has 0 saturated carbocycles. The second-order valence-corrected chi connectivity index (χ2v) is 8.05. The van der Waals surface area contributed by atoms with Gasteiger partial charge in [0.1, 0.15) is 6.54 Å². The molecule has 5 atom stereocenters. The minimum absolute atomic E-state index is 0.0822. The van der Waals surface area contributed by atoms with Crippen molar-refractivity contribution in [2.24, 2.45) is 0 Å². The molecule has 0 aromatic carbocycles. The molecule has 0 aliphatic carbocycles. The van der Waals surface area contributed by atoms with Crippen LogP contribution in [0.3, 0.4) is 0 Å². The zero-order valence-corrected chi connectivity index (χ0v) is 18.9. The van der Waals surface area contributed by atoms with Crippen molar-refractivity contribution in [1.82, 2.24) is 0 Å². The SMILES string of the molecule is C#CC[N+](C)(C)CCCC(=O)OC1O[C@@H](C)[C@@H](OC(C)=O)[C@@H](OC(C)=O)C1OC(C)=O. The van der Waals surface area contributed by atoms with Crippen LogP contribution in [-0.4, -0.2) is 86.3 Å². The number of esters is 4. The van der Waals surface area contributed by atoms with E-state index in [-0.39, 0.29) is 6.42 Å². The van der Waals surface area contributed by atoms with Crippen molar-refractivity contribution in [3.8, 4) is 12.3 Å². The largest absolute Gasteiger partial charge is 0.456 e. The molecule has 0 N–H and O–H groups in total. The van der Waals surface area contributed by atoms with E-state index >= 15 is 0 Å². The molecule has 0 aromatic rings. The predicted octanol–water partition coefficient (Wildman–Crippen LogP) is 0.559. The summed E-state index contributed by atoms with van der Waals surface area (Å²) in [5.74, 6) is -0.0286. The highest BCUT2D eigenvalue weighted by Crippen LogP contribution is 2.29. The van der Waals surface area contributed by atoms with E-state index in [1.807, 2.05) is 14.1 Å². The van der Waals surface area contributed by atoms with Crippen LogP contribution in [-0.2, 0) is 42.9 Å². The standard InChI is InChI=1S/C21H32NO9/c1-8-11-22(6,7)12-9-10-17(26)31-21-20(30-16(5)25)19(29-15(4)24)18(13(2)27-21)28-14(3)23/h1,13,18-21H,9-12H2,2-7H3/q+1/t13-,18+,19+,20?,21?/m0/s1. The van der Waals surface area contributed by atoms with Gasteiger partial charge in [0.25, 0.3) is 0 Å². The van der Waals surface area contributed by atoms with Gasteiger partial charge < -0.3 is 28.2 Å². The first-order valence-corrected chi connectivity index (χ1v) is 9.98. The second kappa shape index (κ2) is 11.7. The lowest BCUT2D eigenvalue weighted by molar-refractivity contribution is -0.883. The quantitative estimate of drug-likeness (QED) is 0.219. The smallest absolute Gasteiger partial charge is 0.308 e. The van der Waals surface area contributed by atoms with Gasteiger partial charge in [0.05, 0.1) is 33.2 Å². The van der Waals surface area contributed by atoms with Crippen molar-refractivity contribution >= 4 is 23.9 Å². The molecule has 0 amide bonds. The average Bonchev–Trinajstić information content (AvgIpc) is 2.60. The Bertz CT molecular complexity index is 712. The van der Waals surface area contributed by atoms with E-state index in [0.29, 0.717) is 24.0 Å². The third kappa shape index (κ3) is 8.94. The van der Waals surface area contributed by atoms with Gasteiger partial charge in [-0.25, -0.2) is 0 Å². The maximum Gasteiger partial charge on any atom is 0.308 e. The predicted molar refractivity (Wildman–Crippen MR) is 107 cm³/mol. The van der Waals surface area contributed by atoms with Gasteiger partial charge in [-0.05, 0) is 12.8 Å². The molecule has 0 radical (unpaired) electrons. The zero-order chi connectivity index (χ0) is 23.8. The summed E-state index contributed by atoms with van der Waals surface area (Å²) in [5.41, 5.74) is 0. The number of hydrogen-bond acceptors (Lipinski definition) is 9. The van der Waals surface area contributed by atoms with E-state index in [2.05, 4.69) is 5.92 Å². The molecule has 174 valence electrons. The molecule has 1 saturated heterocycles. The zero-order valence-electron chi connectivity index (χ0n) is 18.9. The van der Waals surface area contributed by atoms with Gasteiger partial charge in [0, 0.05) is 27.2 Å². The van der Waals surface area contributed by atoms with Crippen LogP contribution in [0, 0.1) is 12.3 Å². The highest BCUT2D eigenvalue weighted by molar-refractivity contribution is 5.70. The van der Waals surface area contributed by atoms with Crippen molar-refractivity contribution in [1.29, 1.82) is 0 Å². The van der Waals surface area contributed by atoms with E-state index in [0.717, 1.165) is 13.8 Å². The van der Waals surface area contributed by atoms with Gasteiger partial charge in [-0.2, -0.15) is 0 Å². The first kappa shape index (κ1) is 26.4. The summed E-state index contributed by atoms with van der Waals surface area (Å²) >= 11 is 0. The van der Waals surface area contributed by atoms with Crippen LogP contribution >= 0.6 is 0 Å². The highest BCUT2D eigenvalue weighted by Gasteiger charge is 2.52. The summed E-state index contributed by atoms with van der Waals surface area (Å²) in [6.07, 6.45) is 0.230. The summed E-state index contributed by atoms with van der Waals surface area (Å²) < 4.78 is 27.3. The van der Waals surface area contributed by atoms with Crippen LogP contribution in [0.1, 0.15) is 40.5 Å². The monoisotopic (exact) mass is 442 g/mol. The summed E-state index contributed by atoms with van der Waals surface area (Å²) in [5, 5.41) is 0. The number of quaternary nitrogens is 1. The van der Waals surface area contributed by atoms with E-state index in [4.69, 9.17) is 30.1 Å². The van der Waals surface area contributed by atoms with Crippen molar-refractivity contribution in [3.05, 3.63) is 0 Å². The van der Waals surface area contributed by atoms with Crippen molar-refractivity contribution in [3.63, 3.8) is 0 Å². The van der Waals surface area contributed by atoms with E-state index in [1.165, 1.54) is 6.92 Å². The topological polar surface area (TPSA) is 114 Å². The van der Waals surface area contributed by atoms with Gasteiger partial charge in [-0.1, -0.05) is 0 Å². The van der Waals surface area contributed by atoms with Crippen molar-refractivity contribution in [2.45, 2.75) is 71.2 Å². The lowest BCUT2D eigenvalue weighted by Crippen LogP contribution is -2.61. The Morgan fingerprint density at radius 3 is 1.94 bits per heavy atom. The molecule has 10 nitrogen and oxygen atoms in total. The molecule has 0 spiro atoms. The molecule has 2 unspecified atom stereocenters. The fourth-order valence-corrected chi connectivity index (χ4v) is 3.23. The second-order valence-electron chi connectivity index (χ2n) is 8.05. The number of carbonyl (C=O) groups is 4. The van der Waals surface area contributed by atoms with Crippen molar-refractivity contribution in [2.75, 3.05) is 27.2 Å². The Balaban J connectivity index is 2.94. The fourth-order valence-electron chi connectivity index (χ4n) is 3.23. The summed E-state index contributed by atoms with van der Waals surface area (Å²) in [7, 11) is 3.90. The van der Waals surface area contributed by atoms with Crippen molar-refractivity contribution < 1.29 is 47.3 Å². The first-order chi connectivity index (χ1) is 14.4. The number of ether oxygens (including phenoxy) is 5. The molecule has 1 aliphatic rings. The van der Waals surface area contributed by atoms with Crippen LogP contribution in [0.25, 0.3) is 0 Å². The third-order valence-corrected chi connectivity index (χ3v) is 4.54. The molecular formula is C21H32NO9+. The molecule has 31 heavy (non-hydrogen) atoms. The number of nitrogens with zero attached hydrogens (tertiary/aromatic N) is 1. The first-order valence-electron chi connectivity index (χ1n) is 9.98. The fraction of sp³-hybridized carbons (Fsp3) is 0.714. The molecule has 1 heterocycles. The number of rotatable bonds is 9. The summed E-state index contributed by atoms with van der Waals surface area (Å²) in [6, 6.07) is 0. The molecule has 0 aromatic heterocycles. The molecule has 1 aliphatic heterocycles. The highest BCUT2D eigenvalue weighted by atomic mass is 16.7. The Morgan fingerprint density at radius 2 is 1.42 bits per heavy atom. The van der Waals surface area contributed by atoms with E-state index < -0.39 is 54.6 Å². The average molecular weight is 442 g/mol. The lowest BCUT2D eigenvalue weighted by Gasteiger charge is -2.42. The normalized spacial score (nSPS) is 25.6. The van der Waals surface area contributed by atoms with Gasteiger partial charge in [-0.3, -0.25) is 19.2 Å². The molecule has 0 bridgehead atoms. The van der Waals surface area contributed by atoms with Gasteiger partial charge in [0.2, 0.25) is 12.4 Å². The van der Waals surface area contributed by atoms with Crippen LogP contribution in [0.15, 0.2) is 0 Å². The summed E-state index contributed by atoms with van der Waals surface area (Å²) in [4.78, 5) is 47.2. The molecular weight excluding hydrogens is 410 g/mol. The molecule has 1 rings (SSSR count). The minimum Gasteiger partial charge on any atom is -0.456 e.